The lowest BCUT2D eigenvalue weighted by atomic mass is 9.92. The van der Waals surface area contributed by atoms with Crippen LogP contribution in [0.2, 0.25) is 0 Å². The van der Waals surface area contributed by atoms with Gasteiger partial charge in [0.15, 0.2) is 0 Å². The Kier molecular flexibility index (Phi) is 4.74. The third kappa shape index (κ3) is 3.17. The van der Waals surface area contributed by atoms with Crippen molar-refractivity contribution in [3.8, 4) is 0 Å². The van der Waals surface area contributed by atoms with Gasteiger partial charge in [-0.15, -0.1) is 5.06 Å². The molecule has 1 aromatic carbocycles. The van der Waals surface area contributed by atoms with Crippen LogP contribution in [0.15, 0.2) is 30.3 Å². The second-order valence-electron chi connectivity index (χ2n) is 4.97. The van der Waals surface area contributed by atoms with Crippen molar-refractivity contribution in [2.45, 2.75) is 25.8 Å². The Hall–Kier alpha value is -1.88. The number of benzene rings is 1. The lowest BCUT2D eigenvalue weighted by Gasteiger charge is -2.35. The summed E-state index contributed by atoms with van der Waals surface area (Å²) in [5, 5.41) is 1.45. The number of piperidine rings is 1. The number of hydroxylamine groups is 2. The molecule has 20 heavy (non-hydrogen) atoms. The quantitative estimate of drug-likeness (QED) is 0.791. The summed E-state index contributed by atoms with van der Waals surface area (Å²) in [6.45, 7) is 2.51. The van der Waals surface area contributed by atoms with Gasteiger partial charge in [-0.05, 0) is 30.9 Å². The van der Waals surface area contributed by atoms with Crippen molar-refractivity contribution < 1.29 is 19.2 Å². The summed E-state index contributed by atoms with van der Waals surface area (Å²) >= 11 is 0. The molecule has 5 nitrogen and oxygen atoms in total. The van der Waals surface area contributed by atoms with E-state index in [-0.39, 0.29) is 11.9 Å². The van der Waals surface area contributed by atoms with Crippen LogP contribution in [-0.4, -0.2) is 36.7 Å². The molecule has 5 heteroatoms. The third-order valence-corrected chi connectivity index (χ3v) is 3.54. The summed E-state index contributed by atoms with van der Waals surface area (Å²) in [5.41, 5.74) is 0.467. The zero-order valence-corrected chi connectivity index (χ0v) is 11.7. The van der Waals surface area contributed by atoms with Crippen LogP contribution in [0, 0.1) is 5.92 Å². The second kappa shape index (κ2) is 6.52. The van der Waals surface area contributed by atoms with E-state index in [1.807, 2.05) is 13.0 Å². The Morgan fingerprint density at radius 1 is 1.25 bits per heavy atom. The molecule has 0 aliphatic carbocycles. The SMILES string of the molecule is COC(=O)C1C(C)CCCN1OC(=O)c1ccccc1. The van der Waals surface area contributed by atoms with Gasteiger partial charge in [0.05, 0.1) is 12.7 Å². The summed E-state index contributed by atoms with van der Waals surface area (Å²) in [6.07, 6.45) is 1.80. The molecular weight excluding hydrogens is 258 g/mol. The average Bonchev–Trinajstić information content (AvgIpc) is 2.47. The number of carbonyl (C=O) groups excluding carboxylic acids is 2. The first-order chi connectivity index (χ1) is 9.63. The van der Waals surface area contributed by atoms with Gasteiger partial charge in [-0.25, -0.2) is 4.79 Å². The van der Waals surface area contributed by atoms with E-state index in [2.05, 4.69) is 0 Å². The summed E-state index contributed by atoms with van der Waals surface area (Å²) in [4.78, 5) is 29.3. The maximum Gasteiger partial charge on any atom is 0.357 e. The molecule has 0 N–H and O–H groups in total. The van der Waals surface area contributed by atoms with Gasteiger partial charge in [-0.1, -0.05) is 25.1 Å². The minimum absolute atomic E-state index is 0.0970. The molecule has 2 unspecified atom stereocenters. The highest BCUT2D eigenvalue weighted by Gasteiger charge is 2.37. The third-order valence-electron chi connectivity index (χ3n) is 3.54. The van der Waals surface area contributed by atoms with E-state index in [1.165, 1.54) is 12.2 Å². The normalized spacial score (nSPS) is 23.1. The highest BCUT2D eigenvalue weighted by atomic mass is 16.7. The second-order valence-corrected chi connectivity index (χ2v) is 4.97. The summed E-state index contributed by atoms with van der Waals surface area (Å²) < 4.78 is 4.81. The molecule has 2 atom stereocenters. The van der Waals surface area contributed by atoms with Gasteiger partial charge in [0.1, 0.15) is 6.04 Å². The number of nitrogens with zero attached hydrogens (tertiary/aromatic N) is 1. The molecule has 0 bridgehead atoms. The van der Waals surface area contributed by atoms with Crippen molar-refractivity contribution in [1.82, 2.24) is 5.06 Å². The Labute approximate surface area is 118 Å². The predicted molar refractivity (Wildman–Crippen MR) is 72.8 cm³/mol. The van der Waals surface area contributed by atoms with E-state index in [1.54, 1.807) is 24.3 Å². The molecule has 1 aromatic rings. The zero-order valence-electron chi connectivity index (χ0n) is 11.7. The maximum absolute atomic E-state index is 12.1. The molecule has 1 fully saturated rings. The fraction of sp³-hybridized carbons (Fsp3) is 0.467. The smallest absolute Gasteiger partial charge is 0.357 e. The molecule has 1 aliphatic heterocycles. The van der Waals surface area contributed by atoms with E-state index in [0.717, 1.165) is 12.8 Å². The van der Waals surface area contributed by atoms with E-state index >= 15 is 0 Å². The molecule has 0 aromatic heterocycles. The molecule has 0 spiro atoms. The van der Waals surface area contributed by atoms with Crippen molar-refractivity contribution in [3.05, 3.63) is 35.9 Å². The van der Waals surface area contributed by atoms with Crippen molar-refractivity contribution in [2.75, 3.05) is 13.7 Å². The van der Waals surface area contributed by atoms with Gasteiger partial charge >= 0.3 is 11.9 Å². The van der Waals surface area contributed by atoms with Crippen LogP contribution in [0.4, 0.5) is 0 Å². The summed E-state index contributed by atoms with van der Waals surface area (Å²) in [5.74, 6) is -0.716. The minimum Gasteiger partial charge on any atom is -0.468 e. The van der Waals surface area contributed by atoms with E-state index < -0.39 is 12.0 Å². The van der Waals surface area contributed by atoms with Crippen molar-refractivity contribution in [1.29, 1.82) is 0 Å². The van der Waals surface area contributed by atoms with Crippen molar-refractivity contribution in [3.63, 3.8) is 0 Å². The monoisotopic (exact) mass is 277 g/mol. The minimum atomic E-state index is -0.526. The van der Waals surface area contributed by atoms with Gasteiger partial charge < -0.3 is 9.57 Å². The van der Waals surface area contributed by atoms with E-state index in [9.17, 15) is 9.59 Å². The topological polar surface area (TPSA) is 55.8 Å². The molecule has 0 amide bonds. The van der Waals surface area contributed by atoms with Crippen LogP contribution in [0.3, 0.4) is 0 Å². The van der Waals surface area contributed by atoms with Gasteiger partial charge in [0.25, 0.3) is 0 Å². The number of hydrogen-bond donors (Lipinski definition) is 0. The van der Waals surface area contributed by atoms with Crippen LogP contribution in [0.25, 0.3) is 0 Å². The van der Waals surface area contributed by atoms with Gasteiger partial charge in [-0.2, -0.15) is 0 Å². The predicted octanol–water partition coefficient (Wildman–Crippen LogP) is 2.03. The van der Waals surface area contributed by atoms with Gasteiger partial charge in [-0.3, -0.25) is 4.79 Å². The van der Waals surface area contributed by atoms with Crippen LogP contribution < -0.4 is 0 Å². The summed E-state index contributed by atoms with van der Waals surface area (Å²) in [6, 6.07) is 8.21. The number of esters is 1. The van der Waals surface area contributed by atoms with Crippen molar-refractivity contribution in [2.24, 2.45) is 5.92 Å². The summed E-state index contributed by atoms with van der Waals surface area (Å²) in [7, 11) is 1.35. The van der Waals surface area contributed by atoms with Gasteiger partial charge in [0.2, 0.25) is 0 Å². The largest absolute Gasteiger partial charge is 0.468 e. The molecule has 0 saturated carbocycles. The number of rotatable bonds is 3. The highest BCUT2D eigenvalue weighted by Crippen LogP contribution is 2.25. The molecule has 0 radical (unpaired) electrons. The molecule has 2 rings (SSSR count). The van der Waals surface area contributed by atoms with Gasteiger partial charge in [0, 0.05) is 6.54 Å². The van der Waals surface area contributed by atoms with Crippen LogP contribution in [0.5, 0.6) is 0 Å². The highest BCUT2D eigenvalue weighted by molar-refractivity contribution is 5.89. The van der Waals surface area contributed by atoms with Crippen LogP contribution in [-0.2, 0) is 14.4 Å². The number of methoxy groups -OCH3 is 1. The first-order valence-corrected chi connectivity index (χ1v) is 6.75. The van der Waals surface area contributed by atoms with Crippen LogP contribution in [0.1, 0.15) is 30.1 Å². The number of hydrogen-bond acceptors (Lipinski definition) is 5. The molecule has 1 aliphatic rings. The Balaban J connectivity index is 2.09. The van der Waals surface area contributed by atoms with Crippen molar-refractivity contribution >= 4 is 11.9 Å². The van der Waals surface area contributed by atoms with E-state index in [0.29, 0.717) is 12.1 Å². The molecule has 108 valence electrons. The molecule has 1 heterocycles. The maximum atomic E-state index is 12.1. The lowest BCUT2D eigenvalue weighted by molar-refractivity contribution is -0.188. The number of ether oxygens (including phenoxy) is 1. The lowest BCUT2D eigenvalue weighted by Crippen LogP contribution is -2.50. The Bertz CT molecular complexity index is 474. The fourth-order valence-electron chi connectivity index (χ4n) is 2.46. The Morgan fingerprint density at radius 3 is 2.60 bits per heavy atom. The average molecular weight is 277 g/mol. The first-order valence-electron chi connectivity index (χ1n) is 6.75. The fourth-order valence-corrected chi connectivity index (χ4v) is 2.46. The van der Waals surface area contributed by atoms with E-state index in [4.69, 9.17) is 9.57 Å². The molecule has 1 saturated heterocycles. The standard InChI is InChI=1S/C15H19NO4/c1-11-7-6-10-16(13(11)15(18)19-2)20-14(17)12-8-4-3-5-9-12/h3-5,8-9,11,13H,6-7,10H2,1-2H3. The number of carbonyl (C=O) groups is 2. The zero-order chi connectivity index (χ0) is 14.5. The molecular formula is C15H19NO4. The first kappa shape index (κ1) is 14.5. The van der Waals surface area contributed by atoms with Crippen LogP contribution >= 0.6 is 0 Å². The Morgan fingerprint density at radius 2 is 1.95 bits per heavy atom.